The van der Waals surface area contributed by atoms with Crippen LogP contribution in [-0.4, -0.2) is 73.6 Å². The van der Waals surface area contributed by atoms with Crippen LogP contribution >= 0.6 is 0 Å². The number of hydrogen-bond acceptors (Lipinski definition) is 13. The highest BCUT2D eigenvalue weighted by Gasteiger charge is 2.29. The maximum Gasteiger partial charge on any atom is 0.360 e. The lowest BCUT2D eigenvalue weighted by Gasteiger charge is -2.35. The molecule has 2 aliphatic carbocycles. The third-order valence-corrected chi connectivity index (χ3v) is 9.94. The predicted octanol–water partition coefficient (Wildman–Crippen LogP) is 7.09. The Morgan fingerprint density at radius 1 is 0.760 bits per heavy atom. The summed E-state index contributed by atoms with van der Waals surface area (Å²) >= 11 is 0. The fraction of sp³-hybridized carbons (Fsp3) is 0.595. The van der Waals surface area contributed by atoms with Crippen LogP contribution in [0.3, 0.4) is 0 Å². The number of aliphatic hydroxyl groups is 1. The molecule has 0 unspecified atom stereocenters. The highest BCUT2D eigenvalue weighted by Crippen LogP contribution is 2.33. The van der Waals surface area contributed by atoms with Gasteiger partial charge in [0.05, 0.1) is 60.0 Å². The highest BCUT2D eigenvalue weighted by atomic mass is 16.5. The van der Waals surface area contributed by atoms with Crippen LogP contribution in [-0.2, 0) is 11.3 Å². The summed E-state index contributed by atoms with van der Waals surface area (Å²) in [5.41, 5.74) is 5.30. The van der Waals surface area contributed by atoms with Gasteiger partial charge < -0.3 is 28.7 Å². The number of carbonyl (C=O) groups is 1. The van der Waals surface area contributed by atoms with Gasteiger partial charge in [-0.25, -0.2) is 24.7 Å². The Hall–Kier alpha value is -4.39. The smallest absolute Gasteiger partial charge is 0.360 e. The first-order valence-corrected chi connectivity index (χ1v) is 18.0. The van der Waals surface area contributed by atoms with E-state index in [1.807, 2.05) is 27.7 Å². The fourth-order valence-electron chi connectivity index (χ4n) is 7.48. The number of aliphatic hydroxyl groups excluding tert-OH is 1. The lowest BCUT2D eigenvalue weighted by molar-refractivity contribution is 0.0594. The van der Waals surface area contributed by atoms with Crippen LogP contribution in [0.15, 0.2) is 21.4 Å². The number of rotatable bonds is 10. The minimum atomic E-state index is -0.477. The summed E-state index contributed by atoms with van der Waals surface area (Å²) in [7, 11) is 1.37. The molecule has 4 aromatic rings. The molecule has 2 saturated carbocycles. The first kappa shape index (κ1) is 36.9. The number of esters is 1. The van der Waals surface area contributed by atoms with E-state index in [-0.39, 0.29) is 12.3 Å². The van der Waals surface area contributed by atoms with E-state index in [1.54, 1.807) is 12.4 Å². The molecule has 270 valence electrons. The summed E-state index contributed by atoms with van der Waals surface area (Å²) in [5, 5.41) is 17.8. The second-order valence-electron chi connectivity index (χ2n) is 13.2. The molecule has 4 heterocycles. The van der Waals surface area contributed by atoms with Crippen LogP contribution in [0.25, 0.3) is 22.5 Å². The number of methoxy groups -OCH3 is 1. The summed E-state index contributed by atoms with van der Waals surface area (Å²) in [4.78, 5) is 35.5. The van der Waals surface area contributed by atoms with Crippen molar-refractivity contribution < 1.29 is 23.7 Å². The van der Waals surface area contributed by atoms with Crippen LogP contribution in [0.1, 0.15) is 117 Å². The molecule has 0 atom stereocenters. The van der Waals surface area contributed by atoms with Gasteiger partial charge in [0.2, 0.25) is 0 Å². The van der Waals surface area contributed by atoms with Crippen molar-refractivity contribution >= 4 is 17.6 Å². The van der Waals surface area contributed by atoms with Crippen molar-refractivity contribution in [3.05, 3.63) is 46.7 Å². The van der Waals surface area contributed by atoms with Crippen molar-refractivity contribution in [1.82, 2.24) is 30.2 Å². The minimum absolute atomic E-state index is 0.122. The lowest BCUT2D eigenvalue weighted by atomic mass is 9.94. The quantitative estimate of drug-likeness (QED) is 0.169. The van der Waals surface area contributed by atoms with Gasteiger partial charge in [-0.05, 0) is 67.2 Å². The van der Waals surface area contributed by atoms with Crippen molar-refractivity contribution in [3.63, 3.8) is 0 Å². The summed E-state index contributed by atoms with van der Waals surface area (Å²) in [5.74, 6) is 2.30. The Bertz CT molecular complexity index is 1690. The van der Waals surface area contributed by atoms with E-state index in [9.17, 15) is 9.90 Å². The molecule has 0 radical (unpaired) electrons. The van der Waals surface area contributed by atoms with E-state index in [0.717, 1.165) is 60.0 Å². The van der Waals surface area contributed by atoms with Crippen molar-refractivity contribution in [3.8, 4) is 22.5 Å². The van der Waals surface area contributed by atoms with E-state index in [1.165, 1.54) is 58.5 Å². The number of aromatic nitrogens is 6. The first-order valence-electron chi connectivity index (χ1n) is 18.0. The Kier molecular flexibility index (Phi) is 12.6. The van der Waals surface area contributed by atoms with Gasteiger partial charge >= 0.3 is 5.97 Å². The second-order valence-corrected chi connectivity index (χ2v) is 13.2. The second kappa shape index (κ2) is 17.0. The SMILES string of the molecule is CCN(c1ncc(-c2c(C)noc2C)nc1C(=O)OC)C1CCCCC1.CCN(c1ncc(-c2c(C)noc2C)nc1CO)C1CCCCC1. The Labute approximate surface area is 294 Å². The number of nitrogens with zero attached hydrogens (tertiary/aromatic N) is 8. The van der Waals surface area contributed by atoms with Crippen LogP contribution in [0.2, 0.25) is 0 Å². The van der Waals surface area contributed by atoms with Crippen molar-refractivity contribution in [2.24, 2.45) is 0 Å². The van der Waals surface area contributed by atoms with Gasteiger partial charge in [0, 0.05) is 25.2 Å². The molecule has 6 rings (SSSR count). The molecule has 0 aliphatic heterocycles. The summed E-state index contributed by atoms with van der Waals surface area (Å²) < 4.78 is 15.4. The standard InChI is InChI=1S/C19H26N4O3.C18H26N4O2/c1-5-23(14-9-7-6-8-10-14)18-17(19(24)25-4)21-15(11-20-18)16-12(2)22-26-13(16)3;1-4-22(14-8-6-5-7-9-14)18-16(11-23)20-15(10-19-18)17-12(2)21-24-13(17)3/h11,14H,5-10H2,1-4H3;10,14,23H,4-9,11H2,1-3H3. The Balaban J connectivity index is 0.000000195. The van der Waals surface area contributed by atoms with E-state index < -0.39 is 5.97 Å². The van der Waals surface area contributed by atoms with E-state index in [0.29, 0.717) is 40.7 Å². The maximum atomic E-state index is 12.4. The van der Waals surface area contributed by atoms with Gasteiger partial charge in [-0.1, -0.05) is 48.8 Å². The zero-order valence-electron chi connectivity index (χ0n) is 30.7. The van der Waals surface area contributed by atoms with Crippen molar-refractivity contribution in [1.29, 1.82) is 0 Å². The monoisotopic (exact) mass is 688 g/mol. The number of aryl methyl sites for hydroxylation is 4. The molecule has 2 aliphatic rings. The third kappa shape index (κ3) is 7.98. The average Bonchev–Trinajstić information content (AvgIpc) is 3.67. The Morgan fingerprint density at radius 2 is 1.22 bits per heavy atom. The molecule has 0 saturated heterocycles. The summed E-state index contributed by atoms with van der Waals surface area (Å²) in [6.07, 6.45) is 15.6. The fourth-order valence-corrected chi connectivity index (χ4v) is 7.48. The number of anilines is 2. The molecule has 50 heavy (non-hydrogen) atoms. The average molecular weight is 689 g/mol. The summed E-state index contributed by atoms with van der Waals surface area (Å²) in [6, 6.07) is 0.879. The molecule has 0 aromatic carbocycles. The molecule has 13 nitrogen and oxygen atoms in total. The minimum Gasteiger partial charge on any atom is -0.464 e. The lowest BCUT2D eigenvalue weighted by Crippen LogP contribution is -2.38. The number of carbonyl (C=O) groups excluding carboxylic acids is 1. The maximum absolute atomic E-state index is 12.4. The first-order chi connectivity index (χ1) is 24.2. The van der Waals surface area contributed by atoms with Gasteiger partial charge in [0.25, 0.3) is 0 Å². The molecule has 13 heteroatoms. The molecular weight excluding hydrogens is 636 g/mol. The number of hydrogen-bond donors (Lipinski definition) is 1. The molecule has 2 fully saturated rings. The van der Waals surface area contributed by atoms with E-state index in [4.69, 9.17) is 13.8 Å². The van der Waals surface area contributed by atoms with Crippen molar-refractivity contribution in [2.45, 2.75) is 124 Å². The largest absolute Gasteiger partial charge is 0.464 e. The van der Waals surface area contributed by atoms with Gasteiger partial charge in [-0.15, -0.1) is 0 Å². The van der Waals surface area contributed by atoms with Gasteiger partial charge in [0.1, 0.15) is 17.2 Å². The highest BCUT2D eigenvalue weighted by molar-refractivity contribution is 5.93. The number of ether oxygens (including phenoxy) is 1. The van der Waals surface area contributed by atoms with Gasteiger partial charge in [-0.2, -0.15) is 0 Å². The Morgan fingerprint density at radius 3 is 1.64 bits per heavy atom. The topological polar surface area (TPSA) is 157 Å². The van der Waals surface area contributed by atoms with Gasteiger partial charge in [-0.3, -0.25) is 0 Å². The molecule has 4 aromatic heterocycles. The van der Waals surface area contributed by atoms with Crippen molar-refractivity contribution in [2.75, 3.05) is 30.0 Å². The van der Waals surface area contributed by atoms with Crippen LogP contribution in [0.5, 0.6) is 0 Å². The predicted molar refractivity (Wildman–Crippen MR) is 191 cm³/mol. The molecule has 0 bridgehead atoms. The molecule has 1 N–H and O–H groups in total. The normalized spacial score (nSPS) is 15.4. The molecule has 0 amide bonds. The van der Waals surface area contributed by atoms with Crippen LogP contribution in [0.4, 0.5) is 11.6 Å². The van der Waals surface area contributed by atoms with Crippen LogP contribution < -0.4 is 9.80 Å². The van der Waals surface area contributed by atoms with Crippen LogP contribution in [0, 0.1) is 27.7 Å². The molecule has 0 spiro atoms. The van der Waals surface area contributed by atoms with E-state index >= 15 is 0 Å². The zero-order valence-corrected chi connectivity index (χ0v) is 30.7. The van der Waals surface area contributed by atoms with Gasteiger partial charge in [0.15, 0.2) is 17.3 Å². The molecular formula is C37H52N8O5. The summed E-state index contributed by atoms with van der Waals surface area (Å²) in [6.45, 7) is 13.2. The zero-order chi connectivity index (χ0) is 35.8. The van der Waals surface area contributed by atoms with E-state index in [2.05, 4.69) is 53.9 Å². The third-order valence-electron chi connectivity index (χ3n) is 9.94.